The fourth-order valence-corrected chi connectivity index (χ4v) is 2.67. The highest BCUT2D eigenvalue weighted by atomic mass is 79.9. The molecule has 1 aromatic heterocycles. The molecule has 6 heteroatoms. The molecule has 2 rings (SSSR count). The molecular weight excluding hydrogens is 300 g/mol. The Morgan fingerprint density at radius 3 is 2.94 bits per heavy atom. The van der Waals surface area contributed by atoms with Gasteiger partial charge >= 0.3 is 5.97 Å². The number of rotatable bonds is 3. The zero-order valence-electron chi connectivity index (χ0n) is 9.86. The number of aromatic amines is 1. The number of carboxylic acid groups (broad SMARTS) is 1. The fraction of sp³-hybridized carbons (Fsp3) is 0.500. The van der Waals surface area contributed by atoms with E-state index in [-0.39, 0.29) is 18.2 Å². The molecule has 98 valence electrons. The molecule has 2 N–H and O–H groups in total. The summed E-state index contributed by atoms with van der Waals surface area (Å²) in [5.74, 6) is -0.786. The molecule has 1 fully saturated rings. The molecule has 1 aromatic rings. The van der Waals surface area contributed by atoms with Gasteiger partial charge in [0.15, 0.2) is 0 Å². The Bertz CT molecular complexity index is 458. The zero-order valence-corrected chi connectivity index (χ0v) is 11.4. The van der Waals surface area contributed by atoms with Crippen LogP contribution in [0.1, 0.15) is 29.8 Å². The van der Waals surface area contributed by atoms with Gasteiger partial charge in [0, 0.05) is 30.2 Å². The van der Waals surface area contributed by atoms with Gasteiger partial charge in [-0.2, -0.15) is 0 Å². The number of H-pyrrole nitrogens is 1. The molecule has 0 aromatic carbocycles. The van der Waals surface area contributed by atoms with Gasteiger partial charge in [-0.3, -0.25) is 9.59 Å². The summed E-state index contributed by atoms with van der Waals surface area (Å²) in [6.45, 7) is 1.23. The van der Waals surface area contributed by atoms with Crippen molar-refractivity contribution in [2.75, 3.05) is 13.1 Å². The van der Waals surface area contributed by atoms with Crippen molar-refractivity contribution in [1.82, 2.24) is 9.88 Å². The van der Waals surface area contributed by atoms with Crippen LogP contribution in [0.4, 0.5) is 0 Å². The van der Waals surface area contributed by atoms with E-state index in [2.05, 4.69) is 20.9 Å². The van der Waals surface area contributed by atoms with Crippen molar-refractivity contribution >= 4 is 27.8 Å². The van der Waals surface area contributed by atoms with Crippen LogP contribution >= 0.6 is 15.9 Å². The van der Waals surface area contributed by atoms with Gasteiger partial charge in [0.1, 0.15) is 5.69 Å². The van der Waals surface area contributed by atoms with Gasteiger partial charge in [0.2, 0.25) is 0 Å². The van der Waals surface area contributed by atoms with Crippen LogP contribution < -0.4 is 0 Å². The van der Waals surface area contributed by atoms with Gasteiger partial charge < -0.3 is 15.0 Å². The Kier molecular flexibility index (Phi) is 4.06. The average Bonchev–Trinajstić information content (AvgIpc) is 2.74. The van der Waals surface area contributed by atoms with E-state index < -0.39 is 5.97 Å². The lowest BCUT2D eigenvalue weighted by Crippen LogP contribution is -2.40. The minimum absolute atomic E-state index is 0.0595. The number of hydrogen-bond acceptors (Lipinski definition) is 2. The Balaban J connectivity index is 2.00. The third-order valence-electron chi connectivity index (χ3n) is 3.15. The first-order valence-electron chi connectivity index (χ1n) is 5.91. The number of carbonyl (C=O) groups is 2. The van der Waals surface area contributed by atoms with Crippen molar-refractivity contribution in [3.63, 3.8) is 0 Å². The van der Waals surface area contributed by atoms with E-state index in [1.54, 1.807) is 17.2 Å². The van der Waals surface area contributed by atoms with Crippen LogP contribution in [0.25, 0.3) is 0 Å². The number of aromatic nitrogens is 1. The monoisotopic (exact) mass is 314 g/mol. The van der Waals surface area contributed by atoms with Crippen LogP contribution in [0.2, 0.25) is 0 Å². The molecule has 0 spiro atoms. The summed E-state index contributed by atoms with van der Waals surface area (Å²) < 4.78 is 0.838. The topological polar surface area (TPSA) is 73.4 Å². The van der Waals surface area contributed by atoms with E-state index >= 15 is 0 Å². The first-order chi connectivity index (χ1) is 8.56. The van der Waals surface area contributed by atoms with Gasteiger partial charge in [0.05, 0.1) is 0 Å². The second kappa shape index (κ2) is 5.56. The van der Waals surface area contributed by atoms with Gasteiger partial charge in [-0.15, -0.1) is 0 Å². The molecule has 1 atom stereocenters. The summed E-state index contributed by atoms with van der Waals surface area (Å²) in [6.07, 6.45) is 3.60. The second-order valence-electron chi connectivity index (χ2n) is 4.59. The van der Waals surface area contributed by atoms with Gasteiger partial charge in [-0.05, 0) is 40.8 Å². The molecule has 1 amide bonds. The summed E-state index contributed by atoms with van der Waals surface area (Å²) in [6, 6.07) is 1.74. The molecule has 1 saturated heterocycles. The number of carbonyl (C=O) groups excluding carboxylic acids is 1. The minimum Gasteiger partial charge on any atom is -0.481 e. The van der Waals surface area contributed by atoms with Crippen LogP contribution in [-0.4, -0.2) is 40.0 Å². The summed E-state index contributed by atoms with van der Waals surface area (Å²) >= 11 is 3.29. The fourth-order valence-electron chi connectivity index (χ4n) is 2.32. The number of likely N-dealkylation sites (tertiary alicyclic amines) is 1. The maximum atomic E-state index is 12.2. The van der Waals surface area contributed by atoms with E-state index in [9.17, 15) is 9.59 Å². The molecule has 1 unspecified atom stereocenters. The van der Waals surface area contributed by atoms with Crippen LogP contribution in [0.3, 0.4) is 0 Å². The number of amides is 1. The number of nitrogens with one attached hydrogen (secondary N) is 1. The molecule has 0 saturated carbocycles. The average molecular weight is 315 g/mol. The lowest BCUT2D eigenvalue weighted by atomic mass is 9.95. The quantitative estimate of drug-likeness (QED) is 0.897. The van der Waals surface area contributed by atoms with Crippen molar-refractivity contribution in [1.29, 1.82) is 0 Å². The van der Waals surface area contributed by atoms with E-state index in [1.165, 1.54) is 0 Å². The standard InChI is InChI=1S/C12H15BrN2O3/c13-9-5-10(14-6-9)12(18)15-3-1-2-8(7-15)4-11(16)17/h5-6,8,14H,1-4,7H2,(H,16,17). The molecule has 2 heterocycles. The lowest BCUT2D eigenvalue weighted by Gasteiger charge is -2.31. The predicted molar refractivity (Wildman–Crippen MR) is 69.4 cm³/mol. The third kappa shape index (κ3) is 3.13. The number of carboxylic acids is 1. The summed E-state index contributed by atoms with van der Waals surface area (Å²) in [5.41, 5.74) is 0.540. The second-order valence-corrected chi connectivity index (χ2v) is 5.50. The van der Waals surface area contributed by atoms with Crippen molar-refractivity contribution in [3.05, 3.63) is 22.4 Å². The van der Waals surface area contributed by atoms with Crippen molar-refractivity contribution < 1.29 is 14.7 Å². The van der Waals surface area contributed by atoms with E-state index in [1.807, 2.05) is 0 Å². The Labute approximate surface area is 113 Å². The Hall–Kier alpha value is -1.30. The molecule has 18 heavy (non-hydrogen) atoms. The summed E-state index contributed by atoms with van der Waals surface area (Å²) in [4.78, 5) is 27.5. The number of piperidine rings is 1. The van der Waals surface area contributed by atoms with Crippen LogP contribution in [0.5, 0.6) is 0 Å². The van der Waals surface area contributed by atoms with Crippen molar-refractivity contribution in [2.45, 2.75) is 19.3 Å². The minimum atomic E-state index is -0.795. The lowest BCUT2D eigenvalue weighted by molar-refractivity contribution is -0.138. The largest absolute Gasteiger partial charge is 0.481 e. The number of halogens is 1. The van der Waals surface area contributed by atoms with E-state index in [4.69, 9.17) is 5.11 Å². The Morgan fingerprint density at radius 1 is 1.56 bits per heavy atom. The molecule has 1 aliphatic rings. The maximum absolute atomic E-state index is 12.2. The SMILES string of the molecule is O=C(O)CC1CCCN(C(=O)c2cc(Br)c[nH]2)C1. The van der Waals surface area contributed by atoms with Crippen LogP contribution in [0, 0.1) is 5.92 Å². The van der Waals surface area contributed by atoms with Crippen molar-refractivity contribution in [2.24, 2.45) is 5.92 Å². The first kappa shape index (κ1) is 13.1. The normalized spacial score (nSPS) is 19.8. The molecular formula is C12H15BrN2O3. The molecule has 0 radical (unpaired) electrons. The van der Waals surface area contributed by atoms with E-state index in [0.29, 0.717) is 18.8 Å². The van der Waals surface area contributed by atoms with Crippen LogP contribution in [-0.2, 0) is 4.79 Å². The van der Waals surface area contributed by atoms with Gasteiger partial charge in [-0.25, -0.2) is 0 Å². The number of hydrogen-bond donors (Lipinski definition) is 2. The molecule has 0 aliphatic carbocycles. The van der Waals surface area contributed by atoms with Gasteiger partial charge in [0.25, 0.3) is 5.91 Å². The first-order valence-corrected chi connectivity index (χ1v) is 6.70. The smallest absolute Gasteiger partial charge is 0.303 e. The van der Waals surface area contributed by atoms with Crippen LogP contribution in [0.15, 0.2) is 16.7 Å². The van der Waals surface area contributed by atoms with Crippen molar-refractivity contribution in [3.8, 4) is 0 Å². The third-order valence-corrected chi connectivity index (χ3v) is 3.61. The number of aliphatic carboxylic acids is 1. The zero-order chi connectivity index (χ0) is 13.1. The van der Waals surface area contributed by atoms with Gasteiger partial charge in [-0.1, -0.05) is 0 Å². The molecule has 5 nitrogen and oxygen atoms in total. The summed E-state index contributed by atoms with van der Waals surface area (Å²) in [5, 5.41) is 8.80. The highest BCUT2D eigenvalue weighted by molar-refractivity contribution is 9.10. The molecule has 0 bridgehead atoms. The maximum Gasteiger partial charge on any atom is 0.303 e. The van der Waals surface area contributed by atoms with E-state index in [0.717, 1.165) is 17.3 Å². The summed E-state index contributed by atoms with van der Waals surface area (Å²) in [7, 11) is 0. The highest BCUT2D eigenvalue weighted by Crippen LogP contribution is 2.21. The predicted octanol–water partition coefficient (Wildman–Crippen LogP) is 2.10. The Morgan fingerprint density at radius 2 is 2.33 bits per heavy atom. The number of nitrogens with zero attached hydrogens (tertiary/aromatic N) is 1. The highest BCUT2D eigenvalue weighted by Gasteiger charge is 2.26. The molecule has 1 aliphatic heterocycles.